The maximum absolute atomic E-state index is 10.5. The van der Waals surface area contributed by atoms with Gasteiger partial charge in [-0.3, -0.25) is 4.98 Å². The molecule has 0 amide bonds. The molecule has 0 radical (unpaired) electrons. The molecule has 0 bridgehead atoms. The van der Waals surface area contributed by atoms with Gasteiger partial charge in [0.1, 0.15) is 0 Å². The number of pyridine rings is 1. The van der Waals surface area contributed by atoms with Crippen LogP contribution in [0.25, 0.3) is 10.2 Å². The number of aromatic carboxylic acids is 1. The standard InChI is InChI=1S/C7H4N2O2S.ClH/c10-7(11)6-9-4-1-2-8-3-5(4)12-6;/h1-3H,(H,10,11);1H. The molecule has 2 aromatic rings. The number of hydrogen-bond donors (Lipinski definition) is 1. The number of hydrogen-bond acceptors (Lipinski definition) is 4. The summed E-state index contributed by atoms with van der Waals surface area (Å²) in [4.78, 5) is 18.3. The zero-order valence-electron chi connectivity index (χ0n) is 6.30. The van der Waals surface area contributed by atoms with E-state index >= 15 is 0 Å². The summed E-state index contributed by atoms with van der Waals surface area (Å²) in [5, 5.41) is 8.72. The largest absolute Gasteiger partial charge is 0.476 e. The van der Waals surface area contributed by atoms with Crippen molar-refractivity contribution in [2.45, 2.75) is 0 Å². The van der Waals surface area contributed by atoms with Gasteiger partial charge in [-0.25, -0.2) is 9.78 Å². The Labute approximate surface area is 83.7 Å². The molecule has 2 rings (SSSR count). The van der Waals surface area contributed by atoms with Crippen molar-refractivity contribution < 1.29 is 9.90 Å². The molecule has 0 fully saturated rings. The number of halogens is 1. The van der Waals surface area contributed by atoms with Crippen LogP contribution in [0.5, 0.6) is 0 Å². The molecule has 1 N–H and O–H groups in total. The Bertz CT molecular complexity index is 410. The zero-order valence-corrected chi connectivity index (χ0v) is 7.93. The van der Waals surface area contributed by atoms with Gasteiger partial charge in [0.25, 0.3) is 0 Å². The summed E-state index contributed by atoms with van der Waals surface area (Å²) >= 11 is 1.13. The van der Waals surface area contributed by atoms with Crippen molar-refractivity contribution in [2.75, 3.05) is 0 Å². The Morgan fingerprint density at radius 2 is 2.31 bits per heavy atom. The van der Waals surface area contributed by atoms with E-state index in [9.17, 15) is 4.79 Å². The second-order valence-electron chi connectivity index (χ2n) is 2.17. The van der Waals surface area contributed by atoms with Crippen molar-refractivity contribution in [3.8, 4) is 0 Å². The lowest BCUT2D eigenvalue weighted by molar-refractivity contribution is 0.0696. The second-order valence-corrected chi connectivity index (χ2v) is 3.20. The molecule has 0 atom stereocenters. The van der Waals surface area contributed by atoms with Crippen LogP contribution in [0.3, 0.4) is 0 Å². The summed E-state index contributed by atoms with van der Waals surface area (Å²) in [5.74, 6) is -0.990. The van der Waals surface area contributed by atoms with Gasteiger partial charge in [0.2, 0.25) is 5.01 Å². The first-order valence-corrected chi connectivity index (χ1v) is 4.03. The molecule has 6 heteroatoms. The molecule has 68 valence electrons. The topological polar surface area (TPSA) is 63.1 Å². The predicted molar refractivity (Wildman–Crippen MR) is 51.6 cm³/mol. The number of nitrogens with zero attached hydrogens (tertiary/aromatic N) is 2. The summed E-state index contributed by atoms with van der Waals surface area (Å²) in [6.45, 7) is 0. The monoisotopic (exact) mass is 216 g/mol. The van der Waals surface area contributed by atoms with Gasteiger partial charge in [0.15, 0.2) is 0 Å². The Morgan fingerprint density at radius 1 is 1.54 bits per heavy atom. The van der Waals surface area contributed by atoms with Crippen LogP contribution >= 0.6 is 23.7 Å². The van der Waals surface area contributed by atoms with Gasteiger partial charge in [0, 0.05) is 12.4 Å². The zero-order chi connectivity index (χ0) is 8.55. The lowest BCUT2D eigenvalue weighted by atomic mass is 10.4. The van der Waals surface area contributed by atoms with Gasteiger partial charge in [0.05, 0.1) is 10.2 Å². The smallest absolute Gasteiger partial charge is 0.365 e. The van der Waals surface area contributed by atoms with E-state index < -0.39 is 5.97 Å². The summed E-state index contributed by atoms with van der Waals surface area (Å²) in [7, 11) is 0. The van der Waals surface area contributed by atoms with Gasteiger partial charge >= 0.3 is 5.97 Å². The summed E-state index contributed by atoms with van der Waals surface area (Å²) in [5.41, 5.74) is 0.687. The van der Waals surface area contributed by atoms with E-state index in [4.69, 9.17) is 5.11 Å². The number of aromatic nitrogens is 2. The fourth-order valence-corrected chi connectivity index (χ4v) is 1.64. The van der Waals surface area contributed by atoms with Crippen LogP contribution in [0.4, 0.5) is 0 Å². The highest BCUT2D eigenvalue weighted by Crippen LogP contribution is 2.19. The summed E-state index contributed by atoms with van der Waals surface area (Å²) < 4.78 is 0.801. The minimum Gasteiger partial charge on any atom is -0.476 e. The third-order valence-electron chi connectivity index (χ3n) is 1.37. The van der Waals surface area contributed by atoms with Gasteiger partial charge in [-0.1, -0.05) is 0 Å². The van der Waals surface area contributed by atoms with Gasteiger partial charge in [-0.2, -0.15) is 0 Å². The summed E-state index contributed by atoms with van der Waals surface area (Å²) in [6, 6.07) is 1.69. The molecule has 13 heavy (non-hydrogen) atoms. The molecule has 0 aromatic carbocycles. The maximum Gasteiger partial charge on any atom is 0.365 e. The second kappa shape index (κ2) is 3.68. The number of rotatable bonds is 1. The summed E-state index contributed by atoms with van der Waals surface area (Å²) in [6.07, 6.45) is 3.20. The van der Waals surface area contributed by atoms with Crippen LogP contribution in [0.1, 0.15) is 9.80 Å². The number of thiazole rings is 1. The molecule has 4 nitrogen and oxygen atoms in total. The number of carboxylic acid groups (broad SMARTS) is 1. The Kier molecular flexibility index (Phi) is 2.79. The third-order valence-corrected chi connectivity index (χ3v) is 2.37. The van der Waals surface area contributed by atoms with E-state index in [1.807, 2.05) is 0 Å². The number of carboxylic acids is 1. The first-order chi connectivity index (χ1) is 5.77. The average molecular weight is 217 g/mol. The number of carbonyl (C=O) groups is 1. The van der Waals surface area contributed by atoms with E-state index in [0.717, 1.165) is 16.0 Å². The van der Waals surface area contributed by atoms with Crippen LogP contribution < -0.4 is 0 Å². The van der Waals surface area contributed by atoms with Crippen LogP contribution in [-0.2, 0) is 0 Å². The van der Waals surface area contributed by atoms with Crippen molar-refractivity contribution >= 4 is 39.9 Å². The van der Waals surface area contributed by atoms with Crippen molar-refractivity contribution in [3.05, 3.63) is 23.5 Å². The molecule has 0 saturated heterocycles. The van der Waals surface area contributed by atoms with Crippen molar-refractivity contribution in [1.82, 2.24) is 9.97 Å². The van der Waals surface area contributed by atoms with Crippen LogP contribution in [0, 0.1) is 0 Å². The molecule has 0 aliphatic rings. The molecule has 0 aliphatic heterocycles. The van der Waals surface area contributed by atoms with Gasteiger partial charge in [-0.15, -0.1) is 23.7 Å². The fourth-order valence-electron chi connectivity index (χ4n) is 0.871. The Hall–Kier alpha value is -1.20. The first-order valence-electron chi connectivity index (χ1n) is 3.21. The average Bonchev–Trinajstić information content (AvgIpc) is 2.46. The molecule has 2 aromatic heterocycles. The highest BCUT2D eigenvalue weighted by atomic mass is 35.5. The van der Waals surface area contributed by atoms with Crippen LogP contribution in [-0.4, -0.2) is 21.0 Å². The fraction of sp³-hybridized carbons (Fsp3) is 0. The minimum absolute atomic E-state index is 0. The van der Waals surface area contributed by atoms with E-state index in [1.165, 1.54) is 0 Å². The van der Waals surface area contributed by atoms with Crippen molar-refractivity contribution in [3.63, 3.8) is 0 Å². The van der Waals surface area contributed by atoms with E-state index in [0.29, 0.717) is 5.52 Å². The third kappa shape index (κ3) is 1.76. The van der Waals surface area contributed by atoms with E-state index in [2.05, 4.69) is 9.97 Å². The Morgan fingerprint density at radius 3 is 2.92 bits per heavy atom. The van der Waals surface area contributed by atoms with Crippen LogP contribution in [0.15, 0.2) is 18.5 Å². The molecule has 0 aliphatic carbocycles. The van der Waals surface area contributed by atoms with Gasteiger partial charge in [-0.05, 0) is 6.07 Å². The Balaban J connectivity index is 0.000000845. The van der Waals surface area contributed by atoms with Crippen LogP contribution in [0.2, 0.25) is 0 Å². The lowest BCUT2D eigenvalue weighted by Gasteiger charge is -1.80. The molecule has 0 saturated carbocycles. The maximum atomic E-state index is 10.5. The quantitative estimate of drug-likeness (QED) is 0.790. The highest BCUT2D eigenvalue weighted by molar-refractivity contribution is 7.20. The molecular formula is C7H5ClN2O2S. The highest BCUT2D eigenvalue weighted by Gasteiger charge is 2.09. The van der Waals surface area contributed by atoms with Gasteiger partial charge < -0.3 is 5.11 Å². The SMILES string of the molecule is Cl.O=C(O)c1nc2ccncc2s1. The molecule has 0 unspecified atom stereocenters. The minimum atomic E-state index is -0.990. The van der Waals surface area contributed by atoms with E-state index in [-0.39, 0.29) is 17.4 Å². The molecule has 2 heterocycles. The van der Waals surface area contributed by atoms with E-state index in [1.54, 1.807) is 18.5 Å². The number of fused-ring (bicyclic) bond motifs is 1. The van der Waals surface area contributed by atoms with Crippen molar-refractivity contribution in [1.29, 1.82) is 0 Å². The lowest BCUT2D eigenvalue weighted by Crippen LogP contribution is -1.93. The predicted octanol–water partition coefficient (Wildman–Crippen LogP) is 1.81. The molecule has 0 spiro atoms. The van der Waals surface area contributed by atoms with Crippen molar-refractivity contribution in [2.24, 2.45) is 0 Å². The normalized spacial score (nSPS) is 9.54. The first kappa shape index (κ1) is 9.88. The molecular weight excluding hydrogens is 212 g/mol.